The zero-order valence-corrected chi connectivity index (χ0v) is 14.1. The lowest BCUT2D eigenvalue weighted by molar-refractivity contribution is 0.0636. The van der Waals surface area contributed by atoms with Crippen LogP contribution < -0.4 is 5.32 Å². The second-order valence-electron chi connectivity index (χ2n) is 6.33. The van der Waals surface area contributed by atoms with Gasteiger partial charge in [0.15, 0.2) is 0 Å². The number of nitrogens with one attached hydrogen (secondary N) is 1. The molecule has 5 heteroatoms. The molecular weight excluding hydrogens is 312 g/mol. The van der Waals surface area contributed by atoms with Crippen LogP contribution in [0.2, 0.25) is 0 Å². The van der Waals surface area contributed by atoms with Crippen LogP contribution in [0.3, 0.4) is 0 Å². The molecule has 1 aliphatic heterocycles. The Balaban J connectivity index is 1.77. The van der Waals surface area contributed by atoms with Crippen molar-refractivity contribution in [3.05, 3.63) is 71.7 Å². The molecule has 1 unspecified atom stereocenters. The Bertz CT molecular complexity index is 910. The van der Waals surface area contributed by atoms with E-state index in [4.69, 9.17) is 0 Å². The van der Waals surface area contributed by atoms with Gasteiger partial charge in [0.25, 0.3) is 5.91 Å². The molecule has 4 rings (SSSR count). The first-order valence-electron chi connectivity index (χ1n) is 8.52. The quantitative estimate of drug-likeness (QED) is 0.784. The topological polar surface area (TPSA) is 58.1 Å². The van der Waals surface area contributed by atoms with Crippen LogP contribution in [0.4, 0.5) is 0 Å². The summed E-state index contributed by atoms with van der Waals surface area (Å²) in [6.07, 6.45) is 3.60. The van der Waals surface area contributed by atoms with E-state index in [1.54, 1.807) is 6.20 Å². The first kappa shape index (κ1) is 15.7. The SMILES string of the molecule is Cc1cc(C(=O)N2CCNCC2c2cccnc2)c2ccccc2n1. The van der Waals surface area contributed by atoms with Crippen molar-refractivity contribution in [3.8, 4) is 0 Å². The molecule has 1 aliphatic rings. The highest BCUT2D eigenvalue weighted by atomic mass is 16.2. The van der Waals surface area contributed by atoms with Crippen molar-refractivity contribution >= 4 is 16.8 Å². The predicted molar refractivity (Wildman–Crippen MR) is 97.4 cm³/mol. The third kappa shape index (κ3) is 2.98. The fraction of sp³-hybridized carbons (Fsp3) is 0.250. The molecule has 0 aliphatic carbocycles. The molecular formula is C20H20N4O. The number of carbonyl (C=O) groups excluding carboxylic acids is 1. The average Bonchev–Trinajstić information content (AvgIpc) is 2.67. The summed E-state index contributed by atoms with van der Waals surface area (Å²) in [5.41, 5.74) is 3.49. The Hall–Kier alpha value is -2.79. The third-order valence-electron chi connectivity index (χ3n) is 4.65. The molecule has 0 bridgehead atoms. The molecule has 0 saturated carbocycles. The standard InChI is InChI=1S/C20H20N4O/c1-14-11-17(16-6-2-3-7-18(16)23-14)20(25)24-10-9-22-13-19(24)15-5-4-8-21-12-15/h2-8,11-12,19,22H,9-10,13H2,1H3. The minimum absolute atomic E-state index is 0.0119. The predicted octanol–water partition coefficient (Wildman–Crippen LogP) is 2.72. The van der Waals surface area contributed by atoms with Gasteiger partial charge in [-0.2, -0.15) is 0 Å². The maximum atomic E-state index is 13.4. The number of carbonyl (C=O) groups is 1. The highest BCUT2D eigenvalue weighted by molar-refractivity contribution is 6.06. The van der Waals surface area contributed by atoms with E-state index in [1.165, 1.54) is 0 Å². The van der Waals surface area contributed by atoms with Crippen molar-refractivity contribution in [1.29, 1.82) is 0 Å². The Labute approximate surface area is 146 Å². The van der Waals surface area contributed by atoms with E-state index in [9.17, 15) is 4.79 Å². The smallest absolute Gasteiger partial charge is 0.255 e. The van der Waals surface area contributed by atoms with Crippen LogP contribution in [0.25, 0.3) is 10.9 Å². The Kier molecular flexibility index (Phi) is 4.15. The molecule has 1 fully saturated rings. The highest BCUT2D eigenvalue weighted by Gasteiger charge is 2.29. The van der Waals surface area contributed by atoms with Gasteiger partial charge < -0.3 is 10.2 Å². The van der Waals surface area contributed by atoms with Crippen molar-refractivity contribution in [2.45, 2.75) is 13.0 Å². The van der Waals surface area contributed by atoms with Crippen molar-refractivity contribution < 1.29 is 4.79 Å². The number of hydrogen-bond acceptors (Lipinski definition) is 4. The molecule has 0 radical (unpaired) electrons. The number of rotatable bonds is 2. The molecule has 1 saturated heterocycles. The summed E-state index contributed by atoms with van der Waals surface area (Å²) in [7, 11) is 0. The number of pyridine rings is 2. The van der Waals surface area contributed by atoms with Gasteiger partial charge in [0.1, 0.15) is 0 Å². The first-order valence-corrected chi connectivity index (χ1v) is 8.52. The third-order valence-corrected chi connectivity index (χ3v) is 4.65. The van der Waals surface area contributed by atoms with Gasteiger partial charge in [0.2, 0.25) is 0 Å². The van der Waals surface area contributed by atoms with E-state index in [1.807, 2.05) is 60.5 Å². The summed E-state index contributed by atoms with van der Waals surface area (Å²) in [5, 5.41) is 4.29. The zero-order chi connectivity index (χ0) is 17.2. The minimum Gasteiger partial charge on any atom is -0.329 e. The van der Waals surface area contributed by atoms with Crippen LogP contribution in [0.5, 0.6) is 0 Å². The van der Waals surface area contributed by atoms with Gasteiger partial charge in [-0.3, -0.25) is 14.8 Å². The Morgan fingerprint density at radius 3 is 2.96 bits per heavy atom. The van der Waals surface area contributed by atoms with Gasteiger partial charge >= 0.3 is 0 Å². The minimum atomic E-state index is -0.0119. The molecule has 3 aromatic rings. The van der Waals surface area contributed by atoms with Crippen LogP contribution in [0.15, 0.2) is 54.9 Å². The fourth-order valence-electron chi connectivity index (χ4n) is 3.46. The average molecular weight is 332 g/mol. The van der Waals surface area contributed by atoms with Crippen molar-refractivity contribution in [2.75, 3.05) is 19.6 Å². The van der Waals surface area contributed by atoms with Gasteiger partial charge in [-0.05, 0) is 30.7 Å². The van der Waals surface area contributed by atoms with E-state index in [0.29, 0.717) is 6.54 Å². The number of aromatic nitrogens is 2. The molecule has 5 nitrogen and oxygen atoms in total. The summed E-state index contributed by atoms with van der Waals surface area (Å²) < 4.78 is 0. The Morgan fingerprint density at radius 1 is 1.24 bits per heavy atom. The molecule has 2 aromatic heterocycles. The van der Waals surface area contributed by atoms with Gasteiger partial charge in [-0.25, -0.2) is 0 Å². The number of aryl methyl sites for hydroxylation is 1. The molecule has 1 aromatic carbocycles. The molecule has 25 heavy (non-hydrogen) atoms. The zero-order valence-electron chi connectivity index (χ0n) is 14.1. The Morgan fingerprint density at radius 2 is 2.12 bits per heavy atom. The number of fused-ring (bicyclic) bond motifs is 1. The number of nitrogens with zero attached hydrogens (tertiary/aromatic N) is 3. The van der Waals surface area contributed by atoms with E-state index in [2.05, 4.69) is 15.3 Å². The van der Waals surface area contributed by atoms with E-state index >= 15 is 0 Å². The fourth-order valence-corrected chi connectivity index (χ4v) is 3.46. The van der Waals surface area contributed by atoms with Crippen LogP contribution in [0.1, 0.15) is 27.7 Å². The highest BCUT2D eigenvalue weighted by Crippen LogP contribution is 2.26. The molecule has 1 N–H and O–H groups in total. The molecule has 126 valence electrons. The van der Waals surface area contributed by atoms with Crippen LogP contribution in [-0.2, 0) is 0 Å². The largest absolute Gasteiger partial charge is 0.329 e. The maximum absolute atomic E-state index is 13.4. The lowest BCUT2D eigenvalue weighted by atomic mass is 10.0. The second kappa shape index (κ2) is 6.61. The van der Waals surface area contributed by atoms with E-state index in [-0.39, 0.29) is 11.9 Å². The van der Waals surface area contributed by atoms with Crippen LogP contribution in [-0.4, -0.2) is 40.4 Å². The number of hydrogen-bond donors (Lipinski definition) is 1. The first-order chi connectivity index (χ1) is 12.2. The second-order valence-corrected chi connectivity index (χ2v) is 6.33. The summed E-state index contributed by atoms with van der Waals surface area (Å²) in [6.45, 7) is 4.14. The van der Waals surface area contributed by atoms with Gasteiger partial charge in [0, 0.05) is 43.1 Å². The molecule has 1 amide bonds. The monoisotopic (exact) mass is 332 g/mol. The summed E-state index contributed by atoms with van der Waals surface area (Å²) >= 11 is 0. The van der Waals surface area contributed by atoms with Crippen molar-refractivity contribution in [3.63, 3.8) is 0 Å². The van der Waals surface area contributed by atoms with Crippen LogP contribution >= 0.6 is 0 Å². The van der Waals surface area contributed by atoms with Crippen molar-refractivity contribution in [2.24, 2.45) is 0 Å². The summed E-state index contributed by atoms with van der Waals surface area (Å²) in [5.74, 6) is 0.0528. The van der Waals surface area contributed by atoms with Gasteiger partial charge in [-0.1, -0.05) is 24.3 Å². The number of piperazine rings is 1. The number of benzene rings is 1. The van der Waals surface area contributed by atoms with E-state index in [0.717, 1.165) is 40.8 Å². The molecule has 3 heterocycles. The lowest BCUT2D eigenvalue weighted by Crippen LogP contribution is -2.48. The summed E-state index contributed by atoms with van der Waals surface area (Å²) in [6, 6.07) is 13.7. The maximum Gasteiger partial charge on any atom is 0.255 e. The molecule has 0 spiro atoms. The number of amides is 1. The van der Waals surface area contributed by atoms with Gasteiger partial charge in [-0.15, -0.1) is 0 Å². The van der Waals surface area contributed by atoms with Crippen LogP contribution in [0, 0.1) is 6.92 Å². The van der Waals surface area contributed by atoms with Gasteiger partial charge in [0.05, 0.1) is 17.1 Å². The van der Waals surface area contributed by atoms with Crippen molar-refractivity contribution in [1.82, 2.24) is 20.2 Å². The number of para-hydroxylation sites is 1. The normalized spacial score (nSPS) is 17.6. The van der Waals surface area contributed by atoms with E-state index < -0.39 is 0 Å². The molecule has 1 atom stereocenters. The lowest BCUT2D eigenvalue weighted by Gasteiger charge is -2.36. The summed E-state index contributed by atoms with van der Waals surface area (Å²) in [4.78, 5) is 24.1.